The van der Waals surface area contributed by atoms with Crippen molar-refractivity contribution in [3.8, 4) is 5.75 Å². The highest BCUT2D eigenvalue weighted by atomic mass is 35.5. The second-order valence-corrected chi connectivity index (χ2v) is 3.88. The summed E-state index contributed by atoms with van der Waals surface area (Å²) in [6.45, 7) is -0.0779. The van der Waals surface area contributed by atoms with Crippen molar-refractivity contribution >= 4 is 29.3 Å². The highest BCUT2D eigenvalue weighted by molar-refractivity contribution is 6.30. The van der Waals surface area contributed by atoms with Crippen molar-refractivity contribution in [3.05, 3.63) is 23.2 Å². The van der Waals surface area contributed by atoms with Crippen LogP contribution in [0.5, 0.6) is 5.75 Å². The minimum Gasteiger partial charge on any atom is -0.489 e. The van der Waals surface area contributed by atoms with Gasteiger partial charge in [-0.05, 0) is 12.1 Å². The van der Waals surface area contributed by atoms with E-state index in [4.69, 9.17) is 21.4 Å². The van der Waals surface area contributed by atoms with Crippen LogP contribution in [0.15, 0.2) is 18.2 Å². The number of nitrogens with one attached hydrogen (secondary N) is 2. The lowest BCUT2D eigenvalue weighted by molar-refractivity contribution is -0.118. The van der Waals surface area contributed by atoms with Gasteiger partial charge in [-0.15, -0.1) is 0 Å². The molecule has 90 valence electrons. The number of ether oxygens (including phenoxy) is 1. The number of hydrogen-bond donors (Lipinski definition) is 3. The summed E-state index contributed by atoms with van der Waals surface area (Å²) < 4.78 is 5.32. The second-order valence-electron chi connectivity index (χ2n) is 3.44. The van der Waals surface area contributed by atoms with Gasteiger partial charge in [0.05, 0.1) is 5.69 Å². The van der Waals surface area contributed by atoms with Crippen molar-refractivity contribution in [2.45, 2.75) is 6.04 Å². The minimum atomic E-state index is -1.28. The Hall–Kier alpha value is -1.95. The van der Waals surface area contributed by atoms with E-state index in [0.717, 1.165) is 0 Å². The molecule has 1 atom stereocenters. The minimum absolute atomic E-state index is 0.0779. The van der Waals surface area contributed by atoms with Crippen LogP contribution < -0.4 is 15.4 Å². The first-order valence-corrected chi connectivity index (χ1v) is 5.17. The van der Waals surface area contributed by atoms with Crippen LogP contribution in [-0.2, 0) is 4.79 Å². The first-order valence-electron chi connectivity index (χ1n) is 4.79. The van der Waals surface area contributed by atoms with Crippen LogP contribution in [0.3, 0.4) is 0 Å². The largest absolute Gasteiger partial charge is 0.489 e. The highest BCUT2D eigenvalue weighted by Gasteiger charge is 2.26. The number of benzene rings is 1. The normalized spacial score (nSPS) is 18.4. The third-order valence-corrected chi connectivity index (χ3v) is 2.46. The molecule has 7 heteroatoms. The highest BCUT2D eigenvalue weighted by Crippen LogP contribution is 2.29. The molecule has 0 aliphatic carbocycles. The predicted molar refractivity (Wildman–Crippen MR) is 60.5 cm³/mol. The van der Waals surface area contributed by atoms with E-state index in [2.05, 4.69) is 10.6 Å². The molecule has 2 rings (SSSR count). The van der Waals surface area contributed by atoms with Crippen LogP contribution in [0.25, 0.3) is 0 Å². The third-order valence-electron chi connectivity index (χ3n) is 2.22. The van der Waals surface area contributed by atoms with Crippen molar-refractivity contribution in [1.29, 1.82) is 0 Å². The maximum absolute atomic E-state index is 11.6. The lowest BCUT2D eigenvalue weighted by atomic mass is 10.2. The number of carbonyl (C=O) groups excluding carboxylic acids is 1. The Bertz CT molecular complexity index is 477. The van der Waals surface area contributed by atoms with Crippen LogP contribution in [0, 0.1) is 0 Å². The molecule has 0 radical (unpaired) electrons. The molecule has 0 aromatic heterocycles. The molecule has 1 aromatic carbocycles. The molecule has 0 saturated carbocycles. The Labute approximate surface area is 102 Å². The molecule has 3 N–H and O–H groups in total. The molecule has 0 bridgehead atoms. The van der Waals surface area contributed by atoms with Gasteiger partial charge in [0.25, 0.3) is 5.91 Å². The zero-order valence-electron chi connectivity index (χ0n) is 8.57. The molecule has 0 saturated heterocycles. The lowest BCUT2D eigenvalue weighted by Crippen LogP contribution is -2.45. The quantitative estimate of drug-likeness (QED) is 0.707. The van der Waals surface area contributed by atoms with Gasteiger partial charge in [-0.25, -0.2) is 4.79 Å². The average Bonchev–Trinajstić information content (AvgIpc) is 2.39. The van der Waals surface area contributed by atoms with Crippen molar-refractivity contribution in [2.75, 3.05) is 11.9 Å². The molecule has 17 heavy (non-hydrogen) atoms. The fourth-order valence-electron chi connectivity index (χ4n) is 1.44. The van der Waals surface area contributed by atoms with Gasteiger partial charge in [-0.1, -0.05) is 11.6 Å². The standard InChI is InChI=1S/C10H9ClN2O4/c11-5-1-2-6-8(3-5)17-4-7(9(14)12-6)13-10(15)16/h1-3,7,13H,4H2,(H,12,14)(H,15,16)/t7-/m0/s1. The molecule has 6 nitrogen and oxygen atoms in total. The van der Waals surface area contributed by atoms with Gasteiger partial charge in [0, 0.05) is 11.1 Å². The summed E-state index contributed by atoms with van der Waals surface area (Å²) in [6.07, 6.45) is -1.28. The van der Waals surface area contributed by atoms with E-state index in [9.17, 15) is 9.59 Å². The summed E-state index contributed by atoms with van der Waals surface area (Å²) >= 11 is 5.78. The van der Waals surface area contributed by atoms with Crippen LogP contribution in [0.4, 0.5) is 10.5 Å². The van der Waals surface area contributed by atoms with E-state index in [0.29, 0.717) is 16.5 Å². The molecule has 0 unspecified atom stereocenters. The van der Waals surface area contributed by atoms with Crippen LogP contribution in [0.2, 0.25) is 5.02 Å². The summed E-state index contributed by atoms with van der Waals surface area (Å²) in [5.74, 6) is -0.0472. The van der Waals surface area contributed by atoms with Crippen LogP contribution in [0.1, 0.15) is 0 Å². The summed E-state index contributed by atoms with van der Waals surface area (Å²) in [5.41, 5.74) is 0.467. The number of anilines is 1. The van der Waals surface area contributed by atoms with E-state index in [1.54, 1.807) is 18.2 Å². The van der Waals surface area contributed by atoms with Gasteiger partial charge in [-0.2, -0.15) is 0 Å². The second kappa shape index (κ2) is 4.50. The van der Waals surface area contributed by atoms with E-state index >= 15 is 0 Å². The fraction of sp³-hybridized carbons (Fsp3) is 0.200. The Morgan fingerprint density at radius 3 is 3.06 bits per heavy atom. The van der Waals surface area contributed by atoms with Gasteiger partial charge in [0.15, 0.2) is 0 Å². The first-order chi connectivity index (χ1) is 8.06. The summed E-state index contributed by atoms with van der Waals surface area (Å²) in [7, 11) is 0. The van der Waals surface area contributed by atoms with E-state index < -0.39 is 18.0 Å². The summed E-state index contributed by atoms with van der Waals surface area (Å²) in [6, 6.07) is 3.81. The summed E-state index contributed by atoms with van der Waals surface area (Å²) in [5, 5.41) is 13.7. The van der Waals surface area contributed by atoms with E-state index in [-0.39, 0.29) is 6.61 Å². The maximum atomic E-state index is 11.6. The number of amides is 2. The Morgan fingerprint density at radius 1 is 1.59 bits per heavy atom. The number of fused-ring (bicyclic) bond motifs is 1. The number of hydrogen-bond acceptors (Lipinski definition) is 3. The van der Waals surface area contributed by atoms with Gasteiger partial charge in [-0.3, -0.25) is 4.79 Å². The third kappa shape index (κ3) is 2.59. The predicted octanol–water partition coefficient (Wildman–Crippen LogP) is 1.31. The van der Waals surface area contributed by atoms with Crippen molar-refractivity contribution in [1.82, 2.24) is 5.32 Å². The zero-order valence-corrected chi connectivity index (χ0v) is 9.32. The number of carboxylic acid groups (broad SMARTS) is 1. The molecule has 1 heterocycles. The molecule has 2 amide bonds. The van der Waals surface area contributed by atoms with Crippen LogP contribution in [-0.4, -0.2) is 29.8 Å². The molecule has 1 aliphatic heterocycles. The van der Waals surface area contributed by atoms with Gasteiger partial charge in [0.1, 0.15) is 18.4 Å². The van der Waals surface area contributed by atoms with Gasteiger partial charge < -0.3 is 20.5 Å². The molecular formula is C10H9ClN2O4. The fourth-order valence-corrected chi connectivity index (χ4v) is 1.61. The molecule has 1 aliphatic rings. The van der Waals surface area contributed by atoms with E-state index in [1.807, 2.05) is 0 Å². The number of carbonyl (C=O) groups is 2. The molecular weight excluding hydrogens is 248 g/mol. The van der Waals surface area contributed by atoms with Crippen molar-refractivity contribution in [3.63, 3.8) is 0 Å². The number of halogens is 1. The Kier molecular flexibility index (Phi) is 3.06. The Morgan fingerprint density at radius 2 is 2.35 bits per heavy atom. The van der Waals surface area contributed by atoms with Gasteiger partial charge in [0.2, 0.25) is 0 Å². The molecule has 1 aromatic rings. The van der Waals surface area contributed by atoms with E-state index in [1.165, 1.54) is 0 Å². The first kappa shape index (κ1) is 11.5. The van der Waals surface area contributed by atoms with Crippen molar-refractivity contribution in [2.24, 2.45) is 0 Å². The summed E-state index contributed by atoms with van der Waals surface area (Å²) in [4.78, 5) is 22.1. The van der Waals surface area contributed by atoms with Crippen molar-refractivity contribution < 1.29 is 19.4 Å². The topological polar surface area (TPSA) is 87.7 Å². The average molecular weight is 257 g/mol. The smallest absolute Gasteiger partial charge is 0.405 e. The zero-order chi connectivity index (χ0) is 12.4. The maximum Gasteiger partial charge on any atom is 0.405 e. The van der Waals surface area contributed by atoms with Crippen LogP contribution >= 0.6 is 11.6 Å². The van der Waals surface area contributed by atoms with Gasteiger partial charge >= 0.3 is 6.09 Å². The molecule has 0 spiro atoms. The molecule has 0 fully saturated rings. The SMILES string of the molecule is O=C(O)N[C@H]1COc2cc(Cl)ccc2NC1=O. The number of rotatable bonds is 1. The Balaban J connectivity index is 2.22. The monoisotopic (exact) mass is 256 g/mol. The lowest BCUT2D eigenvalue weighted by Gasteiger charge is -2.11.